The van der Waals surface area contributed by atoms with Crippen LogP contribution in [-0.2, 0) is 47.8 Å². The minimum atomic E-state index is -1.01. The SMILES string of the molecule is CCCOCCC(=O)NCCCCC(NC(=O)CCOCCC)C(=O)NC(CCCCNC(=O)CCN1C(=O)CC(SCC(C)C(N)=O)C1=O)C(N)=O. The second-order valence-electron chi connectivity index (χ2n) is 13.0. The number of nitrogens with one attached hydrogen (secondary N) is 4. The summed E-state index contributed by atoms with van der Waals surface area (Å²) in [6.45, 7) is 7.84. The number of amides is 8. The molecule has 1 saturated heterocycles. The van der Waals surface area contributed by atoms with Crippen LogP contribution in [0.3, 0.4) is 0 Å². The molecular formula is C35H61N7O10S. The highest BCUT2D eigenvalue weighted by Crippen LogP contribution is 2.27. The largest absolute Gasteiger partial charge is 0.381 e. The first-order valence-electron chi connectivity index (χ1n) is 18.6. The Morgan fingerprint density at radius 3 is 1.85 bits per heavy atom. The quantitative estimate of drug-likeness (QED) is 0.0405. The zero-order valence-electron chi connectivity index (χ0n) is 31.5. The minimum Gasteiger partial charge on any atom is -0.381 e. The van der Waals surface area contributed by atoms with Gasteiger partial charge in [-0.2, -0.15) is 0 Å². The number of thioether (sulfide) groups is 1. The van der Waals surface area contributed by atoms with Crippen LogP contribution >= 0.6 is 11.8 Å². The lowest BCUT2D eigenvalue weighted by atomic mass is 10.1. The lowest BCUT2D eigenvalue weighted by Gasteiger charge is -2.22. The van der Waals surface area contributed by atoms with Gasteiger partial charge < -0.3 is 42.2 Å². The van der Waals surface area contributed by atoms with Crippen molar-refractivity contribution < 1.29 is 47.8 Å². The Hall–Kier alpha value is -3.77. The zero-order chi connectivity index (χ0) is 39.6. The number of ether oxygens (including phenoxy) is 2. The molecule has 8 N–H and O–H groups in total. The summed E-state index contributed by atoms with van der Waals surface area (Å²) in [5.74, 6) is -3.53. The zero-order valence-corrected chi connectivity index (χ0v) is 32.4. The van der Waals surface area contributed by atoms with Gasteiger partial charge in [0, 0.05) is 70.2 Å². The molecule has 1 rings (SSSR count). The number of imide groups is 1. The average Bonchev–Trinajstić information content (AvgIpc) is 3.39. The average molecular weight is 772 g/mol. The number of nitrogens with two attached hydrogens (primary N) is 2. The lowest BCUT2D eigenvalue weighted by Crippen LogP contribution is -2.53. The Balaban J connectivity index is 2.53. The number of unbranched alkanes of at least 4 members (excludes halogenated alkanes) is 2. The van der Waals surface area contributed by atoms with Gasteiger partial charge in [-0.25, -0.2) is 0 Å². The van der Waals surface area contributed by atoms with Crippen molar-refractivity contribution in [2.75, 3.05) is 51.8 Å². The minimum absolute atomic E-state index is 0.00471. The number of carbonyl (C=O) groups is 8. The second kappa shape index (κ2) is 27.8. The third kappa shape index (κ3) is 20.9. The van der Waals surface area contributed by atoms with Crippen LogP contribution in [0.4, 0.5) is 0 Å². The molecule has 0 bridgehead atoms. The molecule has 4 atom stereocenters. The van der Waals surface area contributed by atoms with Gasteiger partial charge in [0.1, 0.15) is 12.1 Å². The van der Waals surface area contributed by atoms with Crippen LogP contribution in [0, 0.1) is 5.92 Å². The van der Waals surface area contributed by atoms with Gasteiger partial charge in [-0.1, -0.05) is 20.8 Å². The van der Waals surface area contributed by atoms with E-state index in [0.29, 0.717) is 57.8 Å². The highest BCUT2D eigenvalue weighted by atomic mass is 32.2. The van der Waals surface area contributed by atoms with E-state index in [1.807, 2.05) is 13.8 Å². The van der Waals surface area contributed by atoms with Crippen molar-refractivity contribution in [3.8, 4) is 0 Å². The Morgan fingerprint density at radius 2 is 1.30 bits per heavy atom. The molecular weight excluding hydrogens is 710 g/mol. The summed E-state index contributed by atoms with van der Waals surface area (Å²) in [7, 11) is 0. The Morgan fingerprint density at radius 1 is 0.755 bits per heavy atom. The van der Waals surface area contributed by atoms with Gasteiger partial charge in [-0.3, -0.25) is 43.3 Å². The number of likely N-dealkylation sites (tertiary alicyclic amines) is 1. The summed E-state index contributed by atoms with van der Waals surface area (Å²) >= 11 is 1.20. The maximum absolute atomic E-state index is 13.3. The van der Waals surface area contributed by atoms with Crippen molar-refractivity contribution in [3.63, 3.8) is 0 Å². The molecule has 1 heterocycles. The fraction of sp³-hybridized carbons (Fsp3) is 0.771. The smallest absolute Gasteiger partial charge is 0.243 e. The number of hydrogen-bond donors (Lipinski definition) is 6. The summed E-state index contributed by atoms with van der Waals surface area (Å²) in [6.07, 6.45) is 4.34. The van der Waals surface area contributed by atoms with Crippen molar-refractivity contribution in [1.29, 1.82) is 0 Å². The van der Waals surface area contributed by atoms with Gasteiger partial charge in [0.25, 0.3) is 0 Å². The predicted molar refractivity (Wildman–Crippen MR) is 199 cm³/mol. The molecule has 53 heavy (non-hydrogen) atoms. The molecule has 0 aliphatic carbocycles. The fourth-order valence-electron chi connectivity index (χ4n) is 5.07. The van der Waals surface area contributed by atoms with E-state index in [2.05, 4.69) is 21.3 Å². The molecule has 0 spiro atoms. The molecule has 1 fully saturated rings. The van der Waals surface area contributed by atoms with E-state index in [-0.39, 0.29) is 87.8 Å². The highest BCUT2D eigenvalue weighted by Gasteiger charge is 2.39. The number of primary amides is 2. The second-order valence-corrected chi connectivity index (χ2v) is 14.2. The van der Waals surface area contributed by atoms with Crippen LogP contribution < -0.4 is 32.7 Å². The van der Waals surface area contributed by atoms with Gasteiger partial charge in [0.15, 0.2) is 0 Å². The summed E-state index contributed by atoms with van der Waals surface area (Å²) < 4.78 is 10.7. The molecule has 1 aliphatic rings. The molecule has 17 nitrogen and oxygen atoms in total. The van der Waals surface area contributed by atoms with E-state index in [0.717, 1.165) is 17.7 Å². The fourth-order valence-corrected chi connectivity index (χ4v) is 6.28. The molecule has 0 radical (unpaired) electrons. The Labute approximate surface area is 316 Å². The lowest BCUT2D eigenvalue weighted by molar-refractivity contribution is -0.138. The van der Waals surface area contributed by atoms with Gasteiger partial charge in [0.2, 0.25) is 47.3 Å². The maximum Gasteiger partial charge on any atom is 0.243 e. The summed E-state index contributed by atoms with van der Waals surface area (Å²) in [5, 5.41) is 10.3. The molecule has 0 saturated carbocycles. The molecule has 8 amide bonds. The van der Waals surface area contributed by atoms with E-state index in [1.54, 1.807) is 6.92 Å². The predicted octanol–water partition coefficient (Wildman–Crippen LogP) is 0.0199. The first-order valence-corrected chi connectivity index (χ1v) is 19.7. The molecule has 18 heteroatoms. The van der Waals surface area contributed by atoms with Crippen LogP contribution in [0.25, 0.3) is 0 Å². The molecule has 0 aromatic rings. The van der Waals surface area contributed by atoms with Gasteiger partial charge in [0.05, 0.1) is 18.5 Å². The van der Waals surface area contributed by atoms with Crippen molar-refractivity contribution in [2.24, 2.45) is 17.4 Å². The van der Waals surface area contributed by atoms with Crippen molar-refractivity contribution in [2.45, 2.75) is 115 Å². The first kappa shape index (κ1) is 47.3. The number of hydrogen-bond acceptors (Lipinski definition) is 11. The van der Waals surface area contributed by atoms with Crippen LogP contribution in [0.1, 0.15) is 97.8 Å². The summed E-state index contributed by atoms with van der Waals surface area (Å²) in [4.78, 5) is 99.7. The monoisotopic (exact) mass is 771 g/mol. The van der Waals surface area contributed by atoms with Crippen LogP contribution in [0.15, 0.2) is 0 Å². The standard InChI is InChI=1S/C35H61N7O10S/c1-4-18-51-20-13-29(44)39-16-9-7-11-26(40-30(45)14-21-52-19-5-2)34(49)41-25(33(37)48)10-6-8-15-38-28(43)12-17-42-31(46)22-27(35(42)50)53-23-24(3)32(36)47/h24-27H,4-23H2,1-3H3,(H2,36,47)(H2,37,48)(H,38,43)(H,39,44)(H,40,45)(H,41,49). The van der Waals surface area contributed by atoms with E-state index < -0.39 is 41.0 Å². The molecule has 0 aromatic carbocycles. The van der Waals surface area contributed by atoms with Crippen molar-refractivity contribution >= 4 is 59.0 Å². The van der Waals surface area contributed by atoms with E-state index in [9.17, 15) is 38.4 Å². The van der Waals surface area contributed by atoms with Crippen LogP contribution in [0.5, 0.6) is 0 Å². The Bertz CT molecular complexity index is 1210. The Kier molecular flexibility index (Phi) is 24.8. The number of carbonyl (C=O) groups excluding carboxylic acids is 8. The van der Waals surface area contributed by atoms with Gasteiger partial charge >= 0.3 is 0 Å². The van der Waals surface area contributed by atoms with Crippen LogP contribution in [0.2, 0.25) is 0 Å². The summed E-state index contributed by atoms with van der Waals surface area (Å²) in [5.41, 5.74) is 10.8. The third-order valence-corrected chi connectivity index (χ3v) is 9.70. The number of nitrogens with zero attached hydrogens (tertiary/aromatic N) is 1. The molecule has 302 valence electrons. The van der Waals surface area contributed by atoms with E-state index in [1.165, 1.54) is 11.8 Å². The maximum atomic E-state index is 13.3. The van der Waals surface area contributed by atoms with Crippen LogP contribution in [-0.4, -0.2) is 121 Å². The molecule has 1 aliphatic heterocycles. The normalized spacial score (nSPS) is 15.8. The number of rotatable bonds is 31. The first-order chi connectivity index (χ1) is 25.3. The third-order valence-electron chi connectivity index (χ3n) is 8.24. The van der Waals surface area contributed by atoms with Gasteiger partial charge in [-0.05, 0) is 51.4 Å². The van der Waals surface area contributed by atoms with E-state index in [4.69, 9.17) is 20.9 Å². The summed E-state index contributed by atoms with van der Waals surface area (Å²) in [6, 6.07) is -1.95. The topological polar surface area (TPSA) is 258 Å². The highest BCUT2D eigenvalue weighted by molar-refractivity contribution is 8.00. The van der Waals surface area contributed by atoms with Crippen molar-refractivity contribution in [1.82, 2.24) is 26.2 Å². The molecule has 4 unspecified atom stereocenters. The van der Waals surface area contributed by atoms with Crippen molar-refractivity contribution in [3.05, 3.63) is 0 Å². The molecule has 0 aromatic heterocycles. The van der Waals surface area contributed by atoms with Gasteiger partial charge in [-0.15, -0.1) is 11.8 Å². The van der Waals surface area contributed by atoms with E-state index >= 15 is 0 Å².